The topological polar surface area (TPSA) is 61.7 Å². The summed E-state index contributed by atoms with van der Waals surface area (Å²) in [5.74, 6) is 2.14. The van der Waals surface area contributed by atoms with E-state index in [1.807, 2.05) is 24.9 Å². The Balaban J connectivity index is 2.54. The number of nitrogen functional groups attached to an aromatic ring is 1. The van der Waals surface area contributed by atoms with Gasteiger partial charge in [0.2, 0.25) is 0 Å². The van der Waals surface area contributed by atoms with E-state index in [2.05, 4.69) is 23.9 Å². The number of aryl methyl sites for hydroxylation is 2. The van der Waals surface area contributed by atoms with Gasteiger partial charge in [-0.05, 0) is 12.3 Å². The third-order valence-electron chi connectivity index (χ3n) is 2.84. The number of anilines is 1. The summed E-state index contributed by atoms with van der Waals surface area (Å²) in [6.45, 7) is 4.35. The van der Waals surface area contributed by atoms with Crippen LogP contribution in [-0.2, 0) is 20.5 Å². The number of nitrogens with two attached hydrogens (primary N) is 1. The van der Waals surface area contributed by atoms with E-state index in [0.717, 1.165) is 29.3 Å². The minimum absolute atomic E-state index is 0.542. The van der Waals surface area contributed by atoms with E-state index in [-0.39, 0.29) is 0 Å². The van der Waals surface area contributed by atoms with Gasteiger partial charge in [-0.1, -0.05) is 13.8 Å². The molecule has 0 saturated heterocycles. The molecule has 0 spiro atoms. The number of rotatable bonds is 3. The Bertz CT molecular complexity index is 521. The summed E-state index contributed by atoms with van der Waals surface area (Å²) < 4.78 is 3.69. The quantitative estimate of drug-likeness (QED) is 0.876. The van der Waals surface area contributed by atoms with Crippen molar-refractivity contribution >= 4 is 5.82 Å². The highest BCUT2D eigenvalue weighted by molar-refractivity contribution is 5.63. The van der Waals surface area contributed by atoms with Crippen LogP contribution in [0.4, 0.5) is 5.82 Å². The Kier molecular flexibility index (Phi) is 2.92. The Morgan fingerprint density at radius 1 is 1.35 bits per heavy atom. The molecule has 0 amide bonds. The highest BCUT2D eigenvalue weighted by atomic mass is 15.3. The number of hydrogen-bond acceptors (Lipinski definition) is 3. The molecule has 2 rings (SSSR count). The summed E-state index contributed by atoms with van der Waals surface area (Å²) in [6.07, 6.45) is 4.61. The zero-order chi connectivity index (χ0) is 12.6. The van der Waals surface area contributed by atoms with Crippen LogP contribution in [-0.4, -0.2) is 19.3 Å². The lowest BCUT2D eigenvalue weighted by Crippen LogP contribution is -2.02. The maximum absolute atomic E-state index is 6.07. The number of aromatic nitrogens is 4. The van der Waals surface area contributed by atoms with Crippen molar-refractivity contribution in [2.45, 2.75) is 20.3 Å². The second kappa shape index (κ2) is 4.24. The fourth-order valence-electron chi connectivity index (χ4n) is 1.96. The van der Waals surface area contributed by atoms with Crippen LogP contribution < -0.4 is 5.73 Å². The first kappa shape index (κ1) is 11.7. The van der Waals surface area contributed by atoms with Crippen LogP contribution in [0.2, 0.25) is 0 Å². The van der Waals surface area contributed by atoms with Gasteiger partial charge in [0, 0.05) is 32.1 Å². The zero-order valence-electron chi connectivity index (χ0n) is 10.8. The van der Waals surface area contributed by atoms with Gasteiger partial charge >= 0.3 is 0 Å². The number of imidazole rings is 1. The van der Waals surface area contributed by atoms with Crippen LogP contribution in [0.25, 0.3) is 11.5 Å². The molecular formula is C12H19N5. The molecule has 0 aliphatic heterocycles. The van der Waals surface area contributed by atoms with Crippen LogP contribution >= 0.6 is 0 Å². The molecule has 17 heavy (non-hydrogen) atoms. The van der Waals surface area contributed by atoms with Gasteiger partial charge in [0.15, 0.2) is 5.82 Å². The summed E-state index contributed by atoms with van der Waals surface area (Å²) in [5, 5.41) is 4.47. The van der Waals surface area contributed by atoms with Gasteiger partial charge in [-0.15, -0.1) is 0 Å². The van der Waals surface area contributed by atoms with E-state index in [1.54, 1.807) is 10.9 Å². The summed E-state index contributed by atoms with van der Waals surface area (Å²) in [6, 6.07) is 0. The summed E-state index contributed by atoms with van der Waals surface area (Å²) in [5.41, 5.74) is 8.06. The second-order valence-corrected chi connectivity index (χ2v) is 4.80. The molecule has 0 bridgehead atoms. The first-order valence-electron chi connectivity index (χ1n) is 5.79. The fourth-order valence-corrected chi connectivity index (χ4v) is 1.96. The Morgan fingerprint density at radius 3 is 2.59 bits per heavy atom. The van der Waals surface area contributed by atoms with Crippen molar-refractivity contribution in [3.8, 4) is 11.5 Å². The standard InChI is InChI=1S/C12H19N5/c1-8(2)7-9-10(15-17(4)11(9)13)12-14-5-6-16(12)3/h5-6,8H,7,13H2,1-4H3. The van der Waals surface area contributed by atoms with Crippen LogP contribution in [0.1, 0.15) is 19.4 Å². The van der Waals surface area contributed by atoms with Gasteiger partial charge in [0.05, 0.1) is 0 Å². The molecule has 0 atom stereocenters. The second-order valence-electron chi connectivity index (χ2n) is 4.80. The molecule has 2 heterocycles. The maximum Gasteiger partial charge on any atom is 0.160 e. The molecule has 2 aromatic rings. The van der Waals surface area contributed by atoms with Gasteiger partial charge in [0.25, 0.3) is 0 Å². The van der Waals surface area contributed by atoms with E-state index in [1.165, 1.54) is 0 Å². The number of hydrogen-bond donors (Lipinski definition) is 1. The van der Waals surface area contributed by atoms with Gasteiger partial charge in [-0.2, -0.15) is 5.10 Å². The van der Waals surface area contributed by atoms with Crippen molar-refractivity contribution in [1.29, 1.82) is 0 Å². The highest BCUT2D eigenvalue weighted by Crippen LogP contribution is 2.27. The van der Waals surface area contributed by atoms with E-state index >= 15 is 0 Å². The smallest absolute Gasteiger partial charge is 0.160 e. The molecule has 0 radical (unpaired) electrons. The van der Waals surface area contributed by atoms with E-state index < -0.39 is 0 Å². The Hall–Kier alpha value is -1.78. The Labute approximate surface area is 101 Å². The molecule has 92 valence electrons. The Morgan fingerprint density at radius 2 is 2.06 bits per heavy atom. The third kappa shape index (κ3) is 2.05. The summed E-state index contributed by atoms with van der Waals surface area (Å²) in [7, 11) is 3.83. The molecule has 2 N–H and O–H groups in total. The minimum Gasteiger partial charge on any atom is -0.384 e. The zero-order valence-corrected chi connectivity index (χ0v) is 10.8. The van der Waals surface area contributed by atoms with Crippen LogP contribution in [0.15, 0.2) is 12.4 Å². The van der Waals surface area contributed by atoms with Gasteiger partial charge in [-0.25, -0.2) is 4.98 Å². The van der Waals surface area contributed by atoms with Crippen molar-refractivity contribution in [1.82, 2.24) is 19.3 Å². The first-order chi connectivity index (χ1) is 8.00. The van der Waals surface area contributed by atoms with Gasteiger partial charge in [0.1, 0.15) is 11.5 Å². The first-order valence-corrected chi connectivity index (χ1v) is 5.79. The maximum atomic E-state index is 6.07. The molecule has 5 nitrogen and oxygen atoms in total. The molecule has 0 fully saturated rings. The molecule has 0 saturated carbocycles. The summed E-state index contributed by atoms with van der Waals surface area (Å²) >= 11 is 0. The minimum atomic E-state index is 0.542. The van der Waals surface area contributed by atoms with E-state index in [4.69, 9.17) is 5.73 Å². The van der Waals surface area contributed by atoms with Crippen LogP contribution in [0.5, 0.6) is 0 Å². The van der Waals surface area contributed by atoms with Crippen LogP contribution in [0, 0.1) is 5.92 Å². The van der Waals surface area contributed by atoms with Crippen LogP contribution in [0.3, 0.4) is 0 Å². The molecule has 0 unspecified atom stereocenters. The normalized spacial score (nSPS) is 11.4. The van der Waals surface area contributed by atoms with Crippen molar-refractivity contribution in [2.75, 3.05) is 5.73 Å². The third-order valence-corrected chi connectivity index (χ3v) is 2.84. The van der Waals surface area contributed by atoms with Crippen molar-refractivity contribution < 1.29 is 0 Å². The fraction of sp³-hybridized carbons (Fsp3) is 0.500. The van der Waals surface area contributed by atoms with Crippen molar-refractivity contribution in [3.63, 3.8) is 0 Å². The largest absolute Gasteiger partial charge is 0.384 e. The highest BCUT2D eigenvalue weighted by Gasteiger charge is 2.19. The van der Waals surface area contributed by atoms with Crippen molar-refractivity contribution in [2.24, 2.45) is 20.0 Å². The molecule has 0 aromatic carbocycles. The SMILES string of the molecule is CC(C)Cc1c(-c2nccn2C)nn(C)c1N. The molecule has 5 heteroatoms. The predicted octanol–water partition coefficient (Wildman–Crippen LogP) is 1.60. The van der Waals surface area contributed by atoms with Gasteiger partial charge in [-0.3, -0.25) is 4.68 Å². The average Bonchev–Trinajstić information content (AvgIpc) is 2.77. The molecule has 2 aromatic heterocycles. The lowest BCUT2D eigenvalue weighted by Gasteiger charge is -2.06. The lowest BCUT2D eigenvalue weighted by atomic mass is 10.0. The molecule has 0 aliphatic rings. The molecular weight excluding hydrogens is 214 g/mol. The van der Waals surface area contributed by atoms with Crippen molar-refractivity contribution in [3.05, 3.63) is 18.0 Å². The average molecular weight is 233 g/mol. The predicted molar refractivity (Wildman–Crippen MR) is 68.4 cm³/mol. The monoisotopic (exact) mass is 233 g/mol. The molecule has 0 aliphatic carbocycles. The number of nitrogens with zero attached hydrogens (tertiary/aromatic N) is 4. The summed E-state index contributed by atoms with van der Waals surface area (Å²) in [4.78, 5) is 4.34. The van der Waals surface area contributed by atoms with Gasteiger partial charge < -0.3 is 10.3 Å². The van der Waals surface area contributed by atoms with E-state index in [9.17, 15) is 0 Å². The lowest BCUT2D eigenvalue weighted by molar-refractivity contribution is 0.648. The van der Waals surface area contributed by atoms with E-state index in [0.29, 0.717) is 5.92 Å².